The Morgan fingerprint density at radius 2 is 1.96 bits per heavy atom. The summed E-state index contributed by atoms with van der Waals surface area (Å²) in [5.41, 5.74) is 8.39. The maximum Gasteiger partial charge on any atom is 0.262 e. The number of benzene rings is 2. The van der Waals surface area contributed by atoms with Gasteiger partial charge in [0, 0.05) is 16.1 Å². The number of para-hydroxylation sites is 2. The summed E-state index contributed by atoms with van der Waals surface area (Å²) in [7, 11) is 0. The summed E-state index contributed by atoms with van der Waals surface area (Å²) in [6, 6.07) is 17.4. The third kappa shape index (κ3) is 3.11. The summed E-state index contributed by atoms with van der Waals surface area (Å²) in [6.45, 7) is 0.336. The van der Waals surface area contributed by atoms with Gasteiger partial charge in [0.2, 0.25) is 0 Å². The zero-order valence-corrected chi connectivity index (χ0v) is 16.0. The second kappa shape index (κ2) is 6.93. The largest absolute Gasteiger partial charge is 0.487 e. The lowest BCUT2D eigenvalue weighted by atomic mass is 10.2. The molecule has 2 N–H and O–H groups in total. The highest BCUT2D eigenvalue weighted by molar-refractivity contribution is 9.10. The van der Waals surface area contributed by atoms with E-state index in [-0.39, 0.29) is 0 Å². The fourth-order valence-electron chi connectivity index (χ4n) is 2.67. The van der Waals surface area contributed by atoms with Gasteiger partial charge in [0.05, 0.1) is 11.0 Å². The molecule has 0 unspecified atom stereocenters. The first-order chi connectivity index (χ1) is 12.6. The van der Waals surface area contributed by atoms with E-state index in [1.807, 2.05) is 59.2 Å². The van der Waals surface area contributed by atoms with E-state index in [4.69, 9.17) is 10.5 Å². The topological polar surface area (TPSA) is 70.1 Å². The summed E-state index contributed by atoms with van der Waals surface area (Å²) < 4.78 is 8.79. The summed E-state index contributed by atoms with van der Waals surface area (Å²) in [4.78, 5) is 16.6. The van der Waals surface area contributed by atoms with Gasteiger partial charge in [-0.3, -0.25) is 9.36 Å². The molecule has 7 heteroatoms. The molecule has 2 heterocycles. The van der Waals surface area contributed by atoms with Crippen molar-refractivity contribution in [2.75, 3.05) is 0 Å². The second-order valence-electron chi connectivity index (χ2n) is 5.63. The van der Waals surface area contributed by atoms with Crippen molar-refractivity contribution in [2.24, 2.45) is 5.73 Å². The van der Waals surface area contributed by atoms with Crippen LogP contribution in [0.25, 0.3) is 16.0 Å². The van der Waals surface area contributed by atoms with E-state index in [9.17, 15) is 4.79 Å². The first-order valence-electron chi connectivity index (χ1n) is 7.86. The van der Waals surface area contributed by atoms with Crippen LogP contribution in [-0.4, -0.2) is 15.5 Å². The molecule has 4 rings (SSSR count). The quantitative estimate of drug-likeness (QED) is 0.508. The van der Waals surface area contributed by atoms with Gasteiger partial charge in [0.25, 0.3) is 5.91 Å². The predicted molar refractivity (Wildman–Crippen MR) is 106 cm³/mol. The molecule has 0 spiro atoms. The Labute approximate surface area is 162 Å². The molecule has 0 bridgehead atoms. The van der Waals surface area contributed by atoms with E-state index in [1.54, 1.807) is 6.33 Å². The number of nitrogens with zero attached hydrogens (tertiary/aromatic N) is 2. The zero-order valence-electron chi connectivity index (χ0n) is 13.6. The van der Waals surface area contributed by atoms with E-state index < -0.39 is 5.91 Å². The molecule has 2 aromatic carbocycles. The number of amides is 1. The molecular weight excluding hydrogens is 414 g/mol. The Bertz CT molecular complexity index is 1100. The molecular formula is C19H14BrN3O2S. The molecule has 1 amide bonds. The molecule has 5 nitrogen and oxygen atoms in total. The number of carbonyl (C=O) groups is 1. The lowest BCUT2D eigenvalue weighted by Gasteiger charge is -2.07. The normalized spacial score (nSPS) is 11.0. The molecule has 130 valence electrons. The monoisotopic (exact) mass is 427 g/mol. The third-order valence-electron chi connectivity index (χ3n) is 3.94. The molecule has 0 aliphatic heterocycles. The molecule has 0 fully saturated rings. The number of primary amides is 1. The van der Waals surface area contributed by atoms with Crippen molar-refractivity contribution < 1.29 is 9.53 Å². The first-order valence-corrected chi connectivity index (χ1v) is 9.47. The fourth-order valence-corrected chi connectivity index (χ4v) is 4.00. The van der Waals surface area contributed by atoms with Gasteiger partial charge >= 0.3 is 0 Å². The smallest absolute Gasteiger partial charge is 0.262 e. The number of fused-ring (bicyclic) bond motifs is 1. The Morgan fingerprint density at radius 3 is 2.77 bits per heavy atom. The maximum atomic E-state index is 11.9. The van der Waals surface area contributed by atoms with Gasteiger partial charge in [0.1, 0.15) is 28.6 Å². The van der Waals surface area contributed by atoms with Crippen molar-refractivity contribution in [3.8, 4) is 10.8 Å². The van der Waals surface area contributed by atoms with Gasteiger partial charge < -0.3 is 10.5 Å². The maximum absolute atomic E-state index is 11.9. The third-order valence-corrected chi connectivity index (χ3v) is 5.84. The van der Waals surface area contributed by atoms with Crippen LogP contribution in [-0.2, 0) is 6.61 Å². The SMILES string of the molecule is NC(=O)c1sc(-n2cnc3ccccc32)cc1OCc1ccccc1Br. The summed E-state index contributed by atoms with van der Waals surface area (Å²) in [5.74, 6) is -0.0289. The molecule has 0 saturated carbocycles. The lowest BCUT2D eigenvalue weighted by molar-refractivity contribution is 0.1000. The van der Waals surface area contributed by atoms with Gasteiger partial charge in [0.15, 0.2) is 0 Å². The van der Waals surface area contributed by atoms with E-state index >= 15 is 0 Å². The van der Waals surface area contributed by atoms with Gasteiger partial charge in [-0.05, 0) is 18.2 Å². The van der Waals surface area contributed by atoms with Gasteiger partial charge in [-0.2, -0.15) is 0 Å². The van der Waals surface area contributed by atoms with Gasteiger partial charge in [-0.25, -0.2) is 4.98 Å². The molecule has 26 heavy (non-hydrogen) atoms. The van der Waals surface area contributed by atoms with Crippen molar-refractivity contribution in [1.82, 2.24) is 9.55 Å². The molecule has 0 aliphatic carbocycles. The number of rotatable bonds is 5. The van der Waals surface area contributed by atoms with Crippen LogP contribution < -0.4 is 10.5 Å². The summed E-state index contributed by atoms with van der Waals surface area (Å²) >= 11 is 4.79. The summed E-state index contributed by atoms with van der Waals surface area (Å²) in [6.07, 6.45) is 1.73. The number of thiophene rings is 1. The average Bonchev–Trinajstić information content (AvgIpc) is 3.25. The van der Waals surface area contributed by atoms with E-state index in [2.05, 4.69) is 20.9 Å². The standard InChI is InChI=1S/C19H14BrN3O2S/c20-13-6-2-1-5-12(13)10-25-16-9-17(26-18(16)19(21)24)23-11-22-14-7-3-4-8-15(14)23/h1-9,11H,10H2,(H2,21,24). The number of hydrogen-bond donors (Lipinski definition) is 1. The number of halogens is 1. The second-order valence-corrected chi connectivity index (χ2v) is 7.51. The van der Waals surface area contributed by atoms with Crippen molar-refractivity contribution >= 4 is 44.2 Å². The molecule has 0 atom stereocenters. The lowest BCUT2D eigenvalue weighted by Crippen LogP contribution is -2.10. The zero-order chi connectivity index (χ0) is 18.1. The van der Waals surface area contributed by atoms with Crippen molar-refractivity contribution in [1.29, 1.82) is 0 Å². The van der Waals surface area contributed by atoms with Crippen molar-refractivity contribution in [2.45, 2.75) is 6.61 Å². The first kappa shape index (κ1) is 16.8. The molecule has 0 aliphatic rings. The van der Waals surface area contributed by atoms with Gasteiger partial charge in [-0.1, -0.05) is 46.3 Å². The molecule has 0 saturated heterocycles. The van der Waals surface area contributed by atoms with E-state index in [0.717, 1.165) is 26.1 Å². The van der Waals surface area contributed by atoms with E-state index in [1.165, 1.54) is 11.3 Å². The van der Waals surface area contributed by atoms with Crippen LogP contribution in [0, 0.1) is 0 Å². The van der Waals surface area contributed by atoms with Crippen LogP contribution in [0.15, 0.2) is 65.4 Å². The van der Waals surface area contributed by atoms with Gasteiger partial charge in [-0.15, -0.1) is 11.3 Å². The molecule has 4 aromatic rings. The Morgan fingerprint density at radius 1 is 1.19 bits per heavy atom. The fraction of sp³-hybridized carbons (Fsp3) is 0.0526. The number of carbonyl (C=O) groups excluding carboxylic acids is 1. The number of nitrogens with two attached hydrogens (primary N) is 1. The van der Waals surface area contributed by atoms with Crippen LogP contribution in [0.2, 0.25) is 0 Å². The Balaban J connectivity index is 1.69. The highest BCUT2D eigenvalue weighted by atomic mass is 79.9. The van der Waals surface area contributed by atoms with E-state index in [0.29, 0.717) is 17.2 Å². The predicted octanol–water partition coefficient (Wildman–Crippen LogP) is 4.53. The minimum Gasteiger partial charge on any atom is -0.487 e. The average molecular weight is 428 g/mol. The van der Waals surface area contributed by atoms with Crippen LogP contribution in [0.4, 0.5) is 0 Å². The number of aromatic nitrogens is 2. The summed E-state index contributed by atoms with van der Waals surface area (Å²) in [5, 5.41) is 0.828. The highest BCUT2D eigenvalue weighted by Crippen LogP contribution is 2.34. The number of ether oxygens (including phenoxy) is 1. The Kier molecular flexibility index (Phi) is 4.48. The van der Waals surface area contributed by atoms with Crippen LogP contribution in [0.1, 0.15) is 15.2 Å². The highest BCUT2D eigenvalue weighted by Gasteiger charge is 2.18. The van der Waals surface area contributed by atoms with Crippen molar-refractivity contribution in [3.63, 3.8) is 0 Å². The van der Waals surface area contributed by atoms with Crippen LogP contribution >= 0.6 is 27.3 Å². The Hall–Kier alpha value is -2.64. The molecule has 0 radical (unpaired) electrons. The minimum absolute atomic E-state index is 0.336. The number of hydrogen-bond acceptors (Lipinski definition) is 4. The molecule has 2 aromatic heterocycles. The minimum atomic E-state index is -0.507. The van der Waals surface area contributed by atoms with Crippen molar-refractivity contribution in [3.05, 3.63) is 75.8 Å². The van der Waals surface area contributed by atoms with Crippen LogP contribution in [0.5, 0.6) is 5.75 Å². The number of imidazole rings is 1. The van der Waals surface area contributed by atoms with Crippen LogP contribution in [0.3, 0.4) is 0 Å².